The molecule has 264 valence electrons. The summed E-state index contributed by atoms with van der Waals surface area (Å²) in [6, 6.07) is 40.7. The summed E-state index contributed by atoms with van der Waals surface area (Å²) in [5.74, 6) is -1.93. The van der Waals surface area contributed by atoms with Gasteiger partial charge >= 0.3 is 11.9 Å². The maximum Gasteiger partial charge on any atom is 0.336 e. The van der Waals surface area contributed by atoms with E-state index in [0.717, 1.165) is 88.3 Å². The largest absolute Gasteiger partial charge is 0.478 e. The van der Waals surface area contributed by atoms with Crippen LogP contribution in [0.1, 0.15) is 54.1 Å². The van der Waals surface area contributed by atoms with Crippen molar-refractivity contribution in [3.8, 4) is 44.5 Å². The van der Waals surface area contributed by atoms with Crippen molar-refractivity contribution in [2.45, 2.75) is 41.5 Å². The van der Waals surface area contributed by atoms with Gasteiger partial charge in [0.25, 0.3) is 0 Å². The molecule has 0 aliphatic carbocycles. The van der Waals surface area contributed by atoms with E-state index in [1.165, 1.54) is 0 Å². The molecule has 0 aliphatic heterocycles. The van der Waals surface area contributed by atoms with E-state index in [1.807, 2.05) is 88.4 Å². The molecular weight excluding hydrogens is 665 g/mol. The molecule has 0 fully saturated rings. The summed E-state index contributed by atoms with van der Waals surface area (Å²) in [5, 5.41) is 26.7. The molecule has 8 aromatic rings. The fourth-order valence-electron chi connectivity index (χ4n) is 8.89. The number of aromatic carboxylic acids is 2. The van der Waals surface area contributed by atoms with Gasteiger partial charge in [0.1, 0.15) is 0 Å². The van der Waals surface area contributed by atoms with E-state index in [1.54, 1.807) is 0 Å². The molecule has 0 unspecified atom stereocenters. The minimum atomic E-state index is -0.967. The van der Waals surface area contributed by atoms with Crippen LogP contribution in [-0.2, 0) is 0 Å². The monoisotopic (exact) mass is 704 g/mol. The highest BCUT2D eigenvalue weighted by Crippen LogP contribution is 2.42. The predicted octanol–water partition coefficient (Wildman–Crippen LogP) is 13.1. The molecule has 0 aromatic heterocycles. The van der Waals surface area contributed by atoms with Gasteiger partial charge in [-0.15, -0.1) is 0 Å². The lowest BCUT2D eigenvalue weighted by atomic mass is 9.85. The third-order valence-electron chi connectivity index (χ3n) is 10.9. The Morgan fingerprint density at radius 2 is 0.759 bits per heavy atom. The average molecular weight is 705 g/mol. The molecule has 0 atom stereocenters. The van der Waals surface area contributed by atoms with Crippen molar-refractivity contribution in [2.75, 3.05) is 0 Å². The van der Waals surface area contributed by atoms with Crippen LogP contribution in [0.25, 0.3) is 76.8 Å². The minimum absolute atomic E-state index is 0.291. The second-order valence-corrected chi connectivity index (χ2v) is 14.7. The van der Waals surface area contributed by atoms with Crippen LogP contribution in [0.5, 0.6) is 0 Å². The van der Waals surface area contributed by atoms with Crippen LogP contribution >= 0.6 is 0 Å². The van der Waals surface area contributed by atoms with Crippen LogP contribution in [0.15, 0.2) is 121 Å². The van der Waals surface area contributed by atoms with E-state index in [4.69, 9.17) is 0 Å². The number of hydrogen-bond acceptors (Lipinski definition) is 2. The van der Waals surface area contributed by atoms with Crippen molar-refractivity contribution in [3.63, 3.8) is 0 Å². The Morgan fingerprint density at radius 3 is 1.13 bits per heavy atom. The number of aryl methyl sites for hydroxylation is 6. The molecule has 4 heteroatoms. The summed E-state index contributed by atoms with van der Waals surface area (Å²) < 4.78 is 0. The molecule has 0 radical (unpaired) electrons. The van der Waals surface area contributed by atoms with Gasteiger partial charge in [-0.05, 0) is 142 Å². The van der Waals surface area contributed by atoms with E-state index in [9.17, 15) is 19.8 Å². The summed E-state index contributed by atoms with van der Waals surface area (Å²) in [7, 11) is 0. The normalized spacial score (nSPS) is 11.4. The molecule has 0 heterocycles. The highest BCUT2D eigenvalue weighted by molar-refractivity contribution is 6.17. The summed E-state index contributed by atoms with van der Waals surface area (Å²) in [6.07, 6.45) is 0. The van der Waals surface area contributed by atoms with Crippen molar-refractivity contribution < 1.29 is 19.8 Å². The van der Waals surface area contributed by atoms with Gasteiger partial charge < -0.3 is 10.2 Å². The van der Waals surface area contributed by atoms with Gasteiger partial charge in [-0.1, -0.05) is 120 Å². The summed E-state index contributed by atoms with van der Waals surface area (Å²) in [5.41, 5.74) is 13.8. The predicted molar refractivity (Wildman–Crippen MR) is 223 cm³/mol. The fraction of sp³-hybridized carbons (Fsp3) is 0.120. The van der Waals surface area contributed by atoms with E-state index >= 15 is 0 Å². The molecular formula is C50H40O4. The number of carboxylic acids is 2. The number of benzene rings is 8. The van der Waals surface area contributed by atoms with Crippen molar-refractivity contribution in [1.82, 2.24) is 0 Å². The van der Waals surface area contributed by atoms with Crippen LogP contribution in [-0.4, -0.2) is 22.2 Å². The van der Waals surface area contributed by atoms with Gasteiger partial charge in [0.05, 0.1) is 11.1 Å². The molecule has 0 spiro atoms. The van der Waals surface area contributed by atoms with Gasteiger partial charge in [0, 0.05) is 10.8 Å². The zero-order valence-electron chi connectivity index (χ0n) is 31.3. The van der Waals surface area contributed by atoms with Crippen molar-refractivity contribution in [2.24, 2.45) is 0 Å². The van der Waals surface area contributed by atoms with Gasteiger partial charge in [-0.25, -0.2) is 9.59 Å². The zero-order valence-corrected chi connectivity index (χ0v) is 31.3. The standard InChI is InChI=1S/C50H40O4/c1-27-21-29(3)43(30(4)22-27)41-19-17-34-9-7-11-39(45(34)47(41)49(51)52)36-15-13-33-14-16-37(26-38(33)25-36)40-12-8-10-35-18-20-42(48(46(35)40)50(53)54)44-31(5)23-28(2)24-32(44)6/h7-26H,1-6H3,(H,51,52)(H,53,54). The first-order chi connectivity index (χ1) is 25.9. The second kappa shape index (κ2) is 13.2. The first-order valence-corrected chi connectivity index (χ1v) is 18.2. The first-order valence-electron chi connectivity index (χ1n) is 18.2. The van der Waals surface area contributed by atoms with E-state index in [0.29, 0.717) is 33.0 Å². The molecule has 54 heavy (non-hydrogen) atoms. The fourth-order valence-corrected chi connectivity index (χ4v) is 8.89. The molecule has 0 bridgehead atoms. The summed E-state index contributed by atoms with van der Waals surface area (Å²) in [4.78, 5) is 26.4. The molecule has 4 nitrogen and oxygen atoms in total. The Bertz CT molecular complexity index is 2650. The Balaban J connectivity index is 1.34. The van der Waals surface area contributed by atoms with Gasteiger partial charge in [-0.2, -0.15) is 0 Å². The number of rotatable bonds is 6. The Labute approximate surface area is 315 Å². The van der Waals surface area contributed by atoms with Gasteiger partial charge in [0.2, 0.25) is 0 Å². The highest BCUT2D eigenvalue weighted by atomic mass is 16.4. The lowest BCUT2D eigenvalue weighted by molar-refractivity contribution is 0.0689. The Kier molecular flexibility index (Phi) is 8.42. The lowest BCUT2D eigenvalue weighted by Crippen LogP contribution is -2.04. The van der Waals surface area contributed by atoms with E-state index in [2.05, 4.69) is 74.5 Å². The minimum Gasteiger partial charge on any atom is -0.478 e. The lowest BCUT2D eigenvalue weighted by Gasteiger charge is -2.18. The highest BCUT2D eigenvalue weighted by Gasteiger charge is 2.23. The van der Waals surface area contributed by atoms with Gasteiger partial charge in [0.15, 0.2) is 0 Å². The van der Waals surface area contributed by atoms with E-state index < -0.39 is 11.9 Å². The topological polar surface area (TPSA) is 74.6 Å². The Morgan fingerprint density at radius 1 is 0.389 bits per heavy atom. The molecule has 8 aromatic carbocycles. The number of carbonyl (C=O) groups is 2. The van der Waals surface area contributed by atoms with Crippen LogP contribution in [0.4, 0.5) is 0 Å². The molecule has 0 saturated carbocycles. The van der Waals surface area contributed by atoms with Gasteiger partial charge in [-0.3, -0.25) is 0 Å². The molecule has 0 amide bonds. The zero-order chi connectivity index (χ0) is 38.0. The maximum absolute atomic E-state index is 13.2. The quantitative estimate of drug-likeness (QED) is 0.181. The number of carboxylic acid groups (broad SMARTS) is 2. The second-order valence-electron chi connectivity index (χ2n) is 14.7. The SMILES string of the molecule is Cc1cc(C)c(-c2ccc3cccc(-c4ccc5ccc(-c6cccc7ccc(-c8c(C)cc(C)cc8C)c(C(=O)O)c67)cc5c4)c3c2C(=O)O)c(C)c1. The van der Waals surface area contributed by atoms with Crippen LogP contribution in [0, 0.1) is 41.5 Å². The van der Waals surface area contributed by atoms with Crippen LogP contribution in [0.3, 0.4) is 0 Å². The average Bonchev–Trinajstić information content (AvgIpc) is 3.12. The first kappa shape index (κ1) is 34.6. The Hall–Kier alpha value is -6.52. The third kappa shape index (κ3) is 5.71. The van der Waals surface area contributed by atoms with Crippen LogP contribution in [0.2, 0.25) is 0 Å². The number of hydrogen-bond donors (Lipinski definition) is 2. The smallest absolute Gasteiger partial charge is 0.336 e. The maximum atomic E-state index is 13.2. The van der Waals surface area contributed by atoms with Crippen molar-refractivity contribution in [1.29, 1.82) is 0 Å². The molecule has 0 saturated heterocycles. The van der Waals surface area contributed by atoms with Crippen molar-refractivity contribution in [3.05, 3.63) is 166 Å². The third-order valence-corrected chi connectivity index (χ3v) is 10.9. The van der Waals surface area contributed by atoms with Crippen molar-refractivity contribution >= 4 is 44.3 Å². The summed E-state index contributed by atoms with van der Waals surface area (Å²) >= 11 is 0. The molecule has 0 aliphatic rings. The van der Waals surface area contributed by atoms with E-state index in [-0.39, 0.29) is 0 Å². The summed E-state index contributed by atoms with van der Waals surface area (Å²) in [6.45, 7) is 12.3. The molecule has 8 rings (SSSR count). The van der Waals surface area contributed by atoms with Crippen LogP contribution < -0.4 is 0 Å². The molecule has 2 N–H and O–H groups in total. The number of fused-ring (bicyclic) bond motifs is 3.